The average molecular weight is 327 g/mol. The van der Waals surface area contributed by atoms with Crippen LogP contribution in [0.4, 0.5) is 0 Å². The molecule has 0 saturated carbocycles. The van der Waals surface area contributed by atoms with E-state index in [2.05, 4.69) is 23.7 Å². The molecule has 6 heteroatoms. The lowest BCUT2D eigenvalue weighted by Crippen LogP contribution is -2.52. The lowest BCUT2D eigenvalue weighted by Gasteiger charge is -2.42. The van der Waals surface area contributed by atoms with E-state index in [9.17, 15) is 0 Å². The maximum atomic E-state index is 6.14. The van der Waals surface area contributed by atoms with Crippen molar-refractivity contribution >= 4 is 36.4 Å². The van der Waals surface area contributed by atoms with Crippen LogP contribution in [0.2, 0.25) is 5.02 Å². The number of hydrogen-bond acceptors (Lipinski definition) is 3. The molecule has 1 aliphatic heterocycles. The first-order chi connectivity index (χ1) is 7.99. The van der Waals surface area contributed by atoms with Crippen LogP contribution in [0, 0.1) is 5.41 Å². The largest absolute Gasteiger partial charge is 0.327 e. The number of nitrogens with two attached hydrogens (primary N) is 1. The second kappa shape index (κ2) is 7.65. The second-order valence-electron chi connectivity index (χ2n) is 5.56. The Labute approximate surface area is 132 Å². The summed E-state index contributed by atoms with van der Waals surface area (Å²) in [5, 5.41) is 0.750. The fraction of sp³-hybridized carbons (Fsp3) is 0.615. The number of piperidine rings is 1. The van der Waals surface area contributed by atoms with E-state index in [0.29, 0.717) is 6.04 Å². The van der Waals surface area contributed by atoms with Gasteiger partial charge >= 0.3 is 0 Å². The SMILES string of the molecule is CC1(C)CN(Cc2ccncc2Cl)CCC1N.Cl.Cl. The van der Waals surface area contributed by atoms with E-state index in [1.54, 1.807) is 12.4 Å². The van der Waals surface area contributed by atoms with Gasteiger partial charge in [-0.25, -0.2) is 0 Å². The van der Waals surface area contributed by atoms with Crippen molar-refractivity contribution in [3.05, 3.63) is 29.0 Å². The van der Waals surface area contributed by atoms with Gasteiger partial charge in [0.05, 0.1) is 5.02 Å². The van der Waals surface area contributed by atoms with Gasteiger partial charge in [-0.15, -0.1) is 24.8 Å². The van der Waals surface area contributed by atoms with Crippen LogP contribution >= 0.6 is 36.4 Å². The van der Waals surface area contributed by atoms with Crippen LogP contribution in [-0.4, -0.2) is 29.0 Å². The van der Waals surface area contributed by atoms with Crippen LogP contribution in [0.25, 0.3) is 0 Å². The van der Waals surface area contributed by atoms with Crippen LogP contribution in [-0.2, 0) is 6.54 Å². The van der Waals surface area contributed by atoms with Crippen LogP contribution < -0.4 is 5.73 Å². The molecule has 19 heavy (non-hydrogen) atoms. The molecule has 3 nitrogen and oxygen atoms in total. The van der Waals surface area contributed by atoms with Crippen molar-refractivity contribution in [2.45, 2.75) is 32.9 Å². The molecule has 1 fully saturated rings. The molecule has 1 aromatic rings. The highest BCUT2D eigenvalue weighted by atomic mass is 35.5. The molecule has 2 heterocycles. The number of likely N-dealkylation sites (tertiary alicyclic amines) is 1. The minimum absolute atomic E-state index is 0. The van der Waals surface area contributed by atoms with E-state index in [1.165, 1.54) is 0 Å². The molecule has 0 amide bonds. The van der Waals surface area contributed by atoms with Crippen molar-refractivity contribution in [3.63, 3.8) is 0 Å². The molecule has 0 spiro atoms. The summed E-state index contributed by atoms with van der Waals surface area (Å²) in [5.41, 5.74) is 7.46. The summed E-state index contributed by atoms with van der Waals surface area (Å²) in [4.78, 5) is 6.43. The molecule has 0 bridgehead atoms. The van der Waals surface area contributed by atoms with Crippen molar-refractivity contribution < 1.29 is 0 Å². The van der Waals surface area contributed by atoms with Gasteiger partial charge in [-0.3, -0.25) is 9.88 Å². The van der Waals surface area contributed by atoms with Crippen molar-refractivity contribution in [1.82, 2.24) is 9.88 Å². The number of halogens is 3. The highest BCUT2D eigenvalue weighted by Crippen LogP contribution is 2.29. The van der Waals surface area contributed by atoms with Gasteiger partial charge < -0.3 is 5.73 Å². The highest BCUT2D eigenvalue weighted by molar-refractivity contribution is 6.31. The predicted molar refractivity (Wildman–Crippen MR) is 85.4 cm³/mol. The number of rotatable bonds is 2. The van der Waals surface area contributed by atoms with Crippen LogP contribution in [0.1, 0.15) is 25.8 Å². The third kappa shape index (κ3) is 4.76. The summed E-state index contributed by atoms with van der Waals surface area (Å²) in [5.74, 6) is 0. The maximum Gasteiger partial charge on any atom is 0.0634 e. The lowest BCUT2D eigenvalue weighted by molar-refractivity contribution is 0.0899. The van der Waals surface area contributed by atoms with Gasteiger partial charge in [0.2, 0.25) is 0 Å². The second-order valence-corrected chi connectivity index (χ2v) is 5.97. The zero-order valence-corrected chi connectivity index (χ0v) is 13.7. The fourth-order valence-corrected chi connectivity index (χ4v) is 2.57. The summed E-state index contributed by atoms with van der Waals surface area (Å²) >= 11 is 6.13. The van der Waals surface area contributed by atoms with Crippen molar-refractivity contribution in [3.8, 4) is 0 Å². The zero-order chi connectivity index (χ0) is 12.5. The highest BCUT2D eigenvalue weighted by Gasteiger charge is 2.33. The average Bonchev–Trinajstić information content (AvgIpc) is 2.26. The topological polar surface area (TPSA) is 42.2 Å². The molecule has 1 atom stereocenters. The Morgan fingerprint density at radius 1 is 1.47 bits per heavy atom. The lowest BCUT2D eigenvalue weighted by atomic mass is 9.79. The van der Waals surface area contributed by atoms with Crippen molar-refractivity contribution in [2.75, 3.05) is 13.1 Å². The summed E-state index contributed by atoms with van der Waals surface area (Å²) in [6.45, 7) is 7.42. The molecule has 1 aromatic heterocycles. The summed E-state index contributed by atoms with van der Waals surface area (Å²) in [7, 11) is 0. The van der Waals surface area contributed by atoms with E-state index in [1.807, 2.05) is 6.07 Å². The van der Waals surface area contributed by atoms with Crippen LogP contribution in [0.3, 0.4) is 0 Å². The maximum absolute atomic E-state index is 6.14. The first-order valence-electron chi connectivity index (χ1n) is 6.05. The smallest absolute Gasteiger partial charge is 0.0634 e. The van der Waals surface area contributed by atoms with E-state index in [4.69, 9.17) is 17.3 Å². The first kappa shape index (κ1) is 18.9. The molecule has 1 aliphatic rings. The van der Waals surface area contributed by atoms with Crippen LogP contribution in [0.15, 0.2) is 18.5 Å². The Morgan fingerprint density at radius 3 is 2.74 bits per heavy atom. The molecule has 1 unspecified atom stereocenters. The fourth-order valence-electron chi connectivity index (χ4n) is 2.39. The summed E-state index contributed by atoms with van der Waals surface area (Å²) in [6, 6.07) is 2.29. The van der Waals surface area contributed by atoms with Gasteiger partial charge in [-0.1, -0.05) is 25.4 Å². The quantitative estimate of drug-likeness (QED) is 0.908. The Bertz CT molecular complexity index is 398. The molecular weight excluding hydrogens is 305 g/mol. The molecule has 2 rings (SSSR count). The normalized spacial score (nSPS) is 22.2. The van der Waals surface area contributed by atoms with Gasteiger partial charge in [-0.05, 0) is 23.5 Å². The van der Waals surface area contributed by atoms with Gasteiger partial charge in [0.15, 0.2) is 0 Å². The Morgan fingerprint density at radius 2 is 2.16 bits per heavy atom. The first-order valence-corrected chi connectivity index (χ1v) is 6.43. The van der Waals surface area contributed by atoms with Crippen molar-refractivity contribution in [2.24, 2.45) is 11.1 Å². The van der Waals surface area contributed by atoms with Gasteiger partial charge in [0, 0.05) is 38.1 Å². The third-order valence-corrected chi connectivity index (χ3v) is 3.98. The summed E-state index contributed by atoms with van der Waals surface area (Å²) < 4.78 is 0. The van der Waals surface area contributed by atoms with Crippen molar-refractivity contribution in [1.29, 1.82) is 0 Å². The number of pyridine rings is 1. The van der Waals surface area contributed by atoms with Gasteiger partial charge in [-0.2, -0.15) is 0 Å². The number of aromatic nitrogens is 1. The minimum atomic E-state index is 0. The summed E-state index contributed by atoms with van der Waals surface area (Å²) in [6.07, 6.45) is 4.55. The van der Waals surface area contributed by atoms with E-state index < -0.39 is 0 Å². The predicted octanol–water partition coefficient (Wildman–Crippen LogP) is 3.14. The van der Waals surface area contributed by atoms with Crippen LogP contribution in [0.5, 0.6) is 0 Å². The Balaban J connectivity index is 0.00000162. The van der Waals surface area contributed by atoms with E-state index >= 15 is 0 Å². The third-order valence-electron chi connectivity index (χ3n) is 3.64. The molecule has 2 N–H and O–H groups in total. The number of nitrogens with zero attached hydrogens (tertiary/aromatic N) is 2. The molecule has 0 aromatic carbocycles. The monoisotopic (exact) mass is 325 g/mol. The molecule has 1 saturated heterocycles. The molecular formula is C13H22Cl3N3. The van der Waals surface area contributed by atoms with Gasteiger partial charge in [0.1, 0.15) is 0 Å². The standard InChI is InChI=1S/C13H20ClN3.2ClH/c1-13(2)9-17(6-4-12(13)15)8-10-3-5-16-7-11(10)14;;/h3,5,7,12H,4,6,8-9,15H2,1-2H3;2*1H. The van der Waals surface area contributed by atoms with E-state index in [-0.39, 0.29) is 30.2 Å². The Hall–Kier alpha value is -0.0600. The Kier molecular flexibility index (Phi) is 7.63. The molecule has 110 valence electrons. The molecule has 0 aliphatic carbocycles. The zero-order valence-electron chi connectivity index (χ0n) is 11.3. The molecule has 0 radical (unpaired) electrons. The van der Waals surface area contributed by atoms with Gasteiger partial charge in [0.25, 0.3) is 0 Å². The van der Waals surface area contributed by atoms with E-state index in [0.717, 1.165) is 36.6 Å². The number of hydrogen-bond donors (Lipinski definition) is 1. The minimum Gasteiger partial charge on any atom is -0.327 e.